The number of nitro benzene ring substituents is 1. The molecule has 9 nitrogen and oxygen atoms in total. The molecule has 0 heterocycles. The van der Waals surface area contributed by atoms with Gasteiger partial charge in [0, 0.05) is 11.8 Å². The van der Waals surface area contributed by atoms with E-state index in [-0.39, 0.29) is 23.6 Å². The predicted octanol–water partition coefficient (Wildman–Crippen LogP) is 5.34. The average Bonchev–Trinajstić information content (AvgIpc) is 2.65. The third-order valence-corrected chi connectivity index (χ3v) is 6.48. The van der Waals surface area contributed by atoms with Crippen LogP contribution >= 0.6 is 7.60 Å². The molecule has 0 aliphatic carbocycles. The Kier molecular flexibility index (Phi) is 7.83. The number of nitrogen functional groups attached to an aromatic ring is 1. The van der Waals surface area contributed by atoms with E-state index in [1.165, 1.54) is 12.1 Å². The van der Waals surface area contributed by atoms with Crippen molar-refractivity contribution >= 4 is 24.7 Å². The van der Waals surface area contributed by atoms with Gasteiger partial charge in [-0.05, 0) is 57.5 Å². The summed E-state index contributed by atoms with van der Waals surface area (Å²) in [5.74, 6) is -0.290. The lowest BCUT2D eigenvalue weighted by Gasteiger charge is -2.31. The summed E-state index contributed by atoms with van der Waals surface area (Å²) in [5.41, 5.74) is 6.45. The lowest BCUT2D eigenvalue weighted by atomic mass is 10.2. The van der Waals surface area contributed by atoms with E-state index >= 15 is 0 Å². The fraction of sp³-hybridized carbons (Fsp3) is 0.400. The summed E-state index contributed by atoms with van der Waals surface area (Å²) in [6.07, 6.45) is -0.754. The number of nitrogens with one attached hydrogen (secondary N) is 1. The first-order valence-electron chi connectivity index (χ1n) is 9.46. The highest BCUT2D eigenvalue weighted by Gasteiger charge is 2.39. The molecular weight excluding hydrogens is 409 g/mol. The molecule has 2 aromatic rings. The Labute approximate surface area is 176 Å². The number of hydrogen-bond acceptors (Lipinski definition) is 8. The number of nitrogens with two attached hydrogens (primary N) is 1. The minimum absolute atomic E-state index is 0.0339. The van der Waals surface area contributed by atoms with E-state index in [2.05, 4.69) is 5.32 Å². The van der Waals surface area contributed by atoms with Crippen molar-refractivity contribution in [1.82, 2.24) is 0 Å². The average molecular weight is 437 g/mol. The van der Waals surface area contributed by atoms with Crippen molar-refractivity contribution in [3.05, 3.63) is 58.1 Å². The number of anilines is 2. The molecular formula is C20H28N3O6P. The van der Waals surface area contributed by atoms with Gasteiger partial charge in [0.15, 0.2) is 5.78 Å². The standard InChI is InChI=1S/C20H28N3O6P/c1-13(2)28-30(26,29-14(3)4)20(15-6-9-17(27-5)10-7-15)22-16-8-11-18(21)19(12-16)23(24)25/h6-14,20,22H,21H2,1-5H3/t20-/m0/s1. The van der Waals surface area contributed by atoms with Crippen LogP contribution in [0.4, 0.5) is 17.1 Å². The maximum Gasteiger partial charge on any atom is 0.357 e. The molecule has 0 saturated carbocycles. The van der Waals surface area contributed by atoms with E-state index in [9.17, 15) is 14.7 Å². The molecule has 0 radical (unpaired) electrons. The summed E-state index contributed by atoms with van der Waals surface area (Å²) in [5, 5.41) is 14.4. The number of nitro groups is 1. The lowest BCUT2D eigenvalue weighted by molar-refractivity contribution is -0.383. The number of hydrogen-bond donors (Lipinski definition) is 2. The Balaban J connectivity index is 2.55. The largest absolute Gasteiger partial charge is 0.497 e. The first-order chi connectivity index (χ1) is 14.1. The summed E-state index contributed by atoms with van der Waals surface area (Å²) in [6, 6.07) is 11.2. The van der Waals surface area contributed by atoms with Gasteiger partial charge in [0.25, 0.3) is 5.69 Å². The van der Waals surface area contributed by atoms with E-state index < -0.39 is 18.3 Å². The molecule has 2 aromatic carbocycles. The molecule has 0 amide bonds. The van der Waals surface area contributed by atoms with Crippen LogP contribution in [0.3, 0.4) is 0 Å². The van der Waals surface area contributed by atoms with Crippen molar-refractivity contribution in [2.24, 2.45) is 0 Å². The summed E-state index contributed by atoms with van der Waals surface area (Å²) in [7, 11) is -2.21. The number of rotatable bonds is 10. The molecule has 0 unspecified atom stereocenters. The van der Waals surface area contributed by atoms with Gasteiger partial charge in [0.05, 0.1) is 24.2 Å². The van der Waals surface area contributed by atoms with Crippen molar-refractivity contribution in [3.8, 4) is 5.75 Å². The maximum atomic E-state index is 13.9. The van der Waals surface area contributed by atoms with E-state index in [4.69, 9.17) is 19.5 Å². The van der Waals surface area contributed by atoms with Crippen LogP contribution in [-0.4, -0.2) is 24.2 Å². The second kappa shape index (κ2) is 9.93. The van der Waals surface area contributed by atoms with E-state index in [0.717, 1.165) is 0 Å². The van der Waals surface area contributed by atoms with Crippen molar-refractivity contribution in [3.63, 3.8) is 0 Å². The van der Waals surface area contributed by atoms with Crippen LogP contribution < -0.4 is 15.8 Å². The Bertz CT molecular complexity index is 903. The zero-order valence-corrected chi connectivity index (χ0v) is 18.6. The summed E-state index contributed by atoms with van der Waals surface area (Å²) in [6.45, 7) is 7.04. The summed E-state index contributed by atoms with van der Waals surface area (Å²) >= 11 is 0. The Morgan fingerprint density at radius 2 is 1.60 bits per heavy atom. The van der Waals surface area contributed by atoms with Crippen LogP contribution in [-0.2, 0) is 13.6 Å². The van der Waals surface area contributed by atoms with Crippen LogP contribution in [0.2, 0.25) is 0 Å². The fourth-order valence-corrected chi connectivity index (χ4v) is 5.13. The van der Waals surface area contributed by atoms with E-state index in [1.807, 2.05) is 0 Å². The second-order valence-electron chi connectivity index (χ2n) is 7.20. The molecule has 164 valence electrons. The van der Waals surface area contributed by atoms with Gasteiger partial charge in [0.1, 0.15) is 11.4 Å². The molecule has 30 heavy (non-hydrogen) atoms. The Hall–Kier alpha value is -2.61. The van der Waals surface area contributed by atoms with E-state index in [0.29, 0.717) is 17.0 Å². The molecule has 3 N–H and O–H groups in total. The van der Waals surface area contributed by atoms with Gasteiger partial charge in [0.2, 0.25) is 0 Å². The predicted molar refractivity (Wildman–Crippen MR) is 117 cm³/mol. The lowest BCUT2D eigenvalue weighted by Crippen LogP contribution is -2.19. The second-order valence-corrected chi connectivity index (χ2v) is 9.22. The minimum atomic E-state index is -3.76. The van der Waals surface area contributed by atoms with Crippen molar-refractivity contribution < 1.29 is 23.3 Å². The van der Waals surface area contributed by atoms with Gasteiger partial charge in [-0.25, -0.2) is 0 Å². The van der Waals surface area contributed by atoms with Crippen LogP contribution in [0.25, 0.3) is 0 Å². The molecule has 10 heteroatoms. The molecule has 0 aliphatic rings. The van der Waals surface area contributed by atoms with Crippen LogP contribution in [0, 0.1) is 10.1 Å². The van der Waals surface area contributed by atoms with Gasteiger partial charge >= 0.3 is 7.60 Å². The van der Waals surface area contributed by atoms with Crippen LogP contribution in [0.15, 0.2) is 42.5 Å². The van der Waals surface area contributed by atoms with Crippen molar-refractivity contribution in [1.29, 1.82) is 0 Å². The highest BCUT2D eigenvalue weighted by atomic mass is 31.2. The SMILES string of the molecule is COc1ccc([C@@H](Nc2ccc(N)c([N+](=O)[O-])c2)P(=O)(OC(C)C)OC(C)C)cc1. The quantitative estimate of drug-likeness (QED) is 0.221. The highest BCUT2D eigenvalue weighted by Crippen LogP contribution is 2.62. The van der Waals surface area contributed by atoms with Gasteiger partial charge in [-0.2, -0.15) is 0 Å². The summed E-state index contributed by atoms with van der Waals surface area (Å²) < 4.78 is 30.6. The highest BCUT2D eigenvalue weighted by molar-refractivity contribution is 7.54. The van der Waals surface area contributed by atoms with Gasteiger partial charge in [-0.3, -0.25) is 14.7 Å². The van der Waals surface area contributed by atoms with Crippen molar-refractivity contribution in [2.45, 2.75) is 45.7 Å². The zero-order chi connectivity index (χ0) is 22.5. The molecule has 0 aliphatic heterocycles. The molecule has 0 saturated heterocycles. The van der Waals surface area contributed by atoms with Crippen LogP contribution in [0.1, 0.15) is 39.0 Å². The molecule has 0 aromatic heterocycles. The minimum Gasteiger partial charge on any atom is -0.497 e. The molecule has 0 bridgehead atoms. The topological polar surface area (TPSA) is 126 Å². The first-order valence-corrected chi connectivity index (χ1v) is 11.1. The molecule has 2 rings (SSSR count). The third kappa shape index (κ3) is 5.95. The number of nitrogens with zero attached hydrogens (tertiary/aromatic N) is 1. The van der Waals surface area contributed by atoms with Gasteiger partial charge in [-0.15, -0.1) is 0 Å². The third-order valence-electron chi connectivity index (χ3n) is 3.99. The summed E-state index contributed by atoms with van der Waals surface area (Å²) in [4.78, 5) is 10.7. The fourth-order valence-electron chi connectivity index (χ4n) is 2.81. The Morgan fingerprint density at radius 3 is 2.07 bits per heavy atom. The smallest absolute Gasteiger partial charge is 0.357 e. The first kappa shape index (κ1) is 23.7. The van der Waals surface area contributed by atoms with E-state index in [1.54, 1.807) is 65.1 Å². The zero-order valence-electron chi connectivity index (χ0n) is 17.7. The molecule has 0 fully saturated rings. The Morgan fingerprint density at radius 1 is 1.03 bits per heavy atom. The number of methoxy groups -OCH3 is 1. The maximum absolute atomic E-state index is 13.9. The monoisotopic (exact) mass is 437 g/mol. The number of ether oxygens (including phenoxy) is 1. The normalized spacial score (nSPS) is 12.8. The van der Waals surface area contributed by atoms with Crippen molar-refractivity contribution in [2.75, 3.05) is 18.2 Å². The number of benzene rings is 2. The molecule has 1 atom stereocenters. The van der Waals surface area contributed by atoms with Gasteiger partial charge in [-0.1, -0.05) is 12.1 Å². The van der Waals surface area contributed by atoms with Crippen LogP contribution in [0.5, 0.6) is 5.75 Å². The van der Waals surface area contributed by atoms with Gasteiger partial charge < -0.3 is 24.8 Å². The molecule has 0 spiro atoms.